The molecule has 26 heavy (non-hydrogen) atoms. The maximum absolute atomic E-state index is 12.4. The Morgan fingerprint density at radius 1 is 1.04 bits per heavy atom. The quantitative estimate of drug-likeness (QED) is 0.741. The second-order valence-corrected chi connectivity index (χ2v) is 6.36. The summed E-state index contributed by atoms with van der Waals surface area (Å²) in [6, 6.07) is 15.9. The molecule has 2 aromatic carbocycles. The lowest BCUT2D eigenvalue weighted by Crippen LogP contribution is -2.37. The molecule has 0 radical (unpaired) electrons. The molecule has 5 nitrogen and oxygen atoms in total. The van der Waals surface area contributed by atoms with Crippen molar-refractivity contribution in [3.63, 3.8) is 0 Å². The average Bonchev–Trinajstić information content (AvgIpc) is 2.70. The highest BCUT2D eigenvalue weighted by atomic mass is 16.5. The van der Waals surface area contributed by atoms with Crippen LogP contribution in [0.25, 0.3) is 0 Å². The largest absolute Gasteiger partial charge is 0.497 e. The van der Waals surface area contributed by atoms with Crippen LogP contribution in [-0.4, -0.2) is 44.2 Å². The van der Waals surface area contributed by atoms with Gasteiger partial charge in [0, 0.05) is 32.6 Å². The zero-order chi connectivity index (χ0) is 18.2. The van der Waals surface area contributed by atoms with Gasteiger partial charge >= 0.3 is 0 Å². The standard InChI is InChI=1S/C21H26N2O3/c1-25-19-6-8-20(9-7-19)26-15-13-22-12-10-21(24)23-14-11-17-4-2-3-5-18(17)16-23/h2-9,22H,10-16H2,1H3. The highest BCUT2D eigenvalue weighted by molar-refractivity contribution is 5.76. The summed E-state index contributed by atoms with van der Waals surface area (Å²) in [5.41, 5.74) is 2.64. The van der Waals surface area contributed by atoms with Gasteiger partial charge in [0.25, 0.3) is 0 Å². The van der Waals surface area contributed by atoms with Crippen molar-refractivity contribution >= 4 is 5.91 Å². The van der Waals surface area contributed by atoms with Crippen LogP contribution in [0.2, 0.25) is 0 Å². The maximum atomic E-state index is 12.4. The van der Waals surface area contributed by atoms with Crippen molar-refractivity contribution in [2.45, 2.75) is 19.4 Å². The van der Waals surface area contributed by atoms with E-state index in [2.05, 4.69) is 23.5 Å². The number of nitrogens with zero attached hydrogens (tertiary/aromatic N) is 1. The third-order valence-corrected chi connectivity index (χ3v) is 4.61. The van der Waals surface area contributed by atoms with Crippen LogP contribution in [-0.2, 0) is 17.8 Å². The van der Waals surface area contributed by atoms with E-state index in [4.69, 9.17) is 9.47 Å². The first kappa shape index (κ1) is 18.3. The molecule has 1 N–H and O–H groups in total. The van der Waals surface area contributed by atoms with E-state index in [1.165, 1.54) is 11.1 Å². The summed E-state index contributed by atoms with van der Waals surface area (Å²) >= 11 is 0. The number of ether oxygens (including phenoxy) is 2. The Bertz CT molecular complexity index is 715. The van der Waals surface area contributed by atoms with Gasteiger partial charge in [0.2, 0.25) is 5.91 Å². The number of carbonyl (C=O) groups is 1. The summed E-state index contributed by atoms with van der Waals surface area (Å²) in [5, 5.41) is 3.27. The normalized spacial score (nSPS) is 13.2. The molecule has 5 heteroatoms. The van der Waals surface area contributed by atoms with Crippen LogP contribution in [0, 0.1) is 0 Å². The predicted molar refractivity (Wildman–Crippen MR) is 102 cm³/mol. The molecular weight excluding hydrogens is 328 g/mol. The molecule has 0 spiro atoms. The van der Waals surface area contributed by atoms with E-state index in [1.54, 1.807) is 7.11 Å². The first-order chi connectivity index (χ1) is 12.8. The number of amides is 1. The molecule has 0 aliphatic carbocycles. The van der Waals surface area contributed by atoms with Crippen molar-refractivity contribution in [3.05, 3.63) is 59.7 Å². The smallest absolute Gasteiger partial charge is 0.224 e. The summed E-state index contributed by atoms with van der Waals surface area (Å²) in [6.45, 7) is 3.49. The molecule has 0 unspecified atom stereocenters. The van der Waals surface area contributed by atoms with Crippen LogP contribution in [0.1, 0.15) is 17.5 Å². The number of rotatable bonds is 8. The number of carbonyl (C=O) groups excluding carboxylic acids is 1. The van der Waals surface area contributed by atoms with Crippen molar-refractivity contribution in [2.75, 3.05) is 33.4 Å². The van der Waals surface area contributed by atoms with Gasteiger partial charge in [-0.3, -0.25) is 4.79 Å². The number of nitrogens with one attached hydrogen (secondary N) is 1. The molecule has 0 atom stereocenters. The number of benzene rings is 2. The second-order valence-electron chi connectivity index (χ2n) is 6.36. The molecule has 1 heterocycles. The molecule has 0 saturated carbocycles. The Hall–Kier alpha value is -2.53. The van der Waals surface area contributed by atoms with Gasteiger partial charge in [-0.1, -0.05) is 24.3 Å². The zero-order valence-electron chi connectivity index (χ0n) is 15.2. The third kappa shape index (κ3) is 4.99. The van der Waals surface area contributed by atoms with E-state index >= 15 is 0 Å². The molecule has 1 aliphatic heterocycles. The van der Waals surface area contributed by atoms with Gasteiger partial charge in [0.1, 0.15) is 18.1 Å². The van der Waals surface area contributed by atoms with Crippen molar-refractivity contribution in [1.82, 2.24) is 10.2 Å². The first-order valence-electron chi connectivity index (χ1n) is 9.08. The van der Waals surface area contributed by atoms with Gasteiger partial charge < -0.3 is 19.7 Å². The van der Waals surface area contributed by atoms with Crippen LogP contribution in [0.3, 0.4) is 0 Å². The summed E-state index contributed by atoms with van der Waals surface area (Å²) in [6.07, 6.45) is 1.47. The van der Waals surface area contributed by atoms with Gasteiger partial charge in [-0.15, -0.1) is 0 Å². The Labute approximate surface area is 154 Å². The lowest BCUT2D eigenvalue weighted by molar-refractivity contribution is -0.132. The minimum Gasteiger partial charge on any atom is -0.497 e. The molecule has 0 fully saturated rings. The molecular formula is C21H26N2O3. The third-order valence-electron chi connectivity index (χ3n) is 4.61. The summed E-state index contributed by atoms with van der Waals surface area (Å²) in [4.78, 5) is 14.3. The molecule has 0 aromatic heterocycles. The van der Waals surface area contributed by atoms with Gasteiger partial charge in [-0.05, 0) is 41.8 Å². The fourth-order valence-corrected chi connectivity index (χ4v) is 3.10. The van der Waals surface area contributed by atoms with Gasteiger partial charge in [-0.2, -0.15) is 0 Å². The summed E-state index contributed by atoms with van der Waals surface area (Å²) < 4.78 is 10.8. The fraction of sp³-hybridized carbons (Fsp3) is 0.381. The van der Waals surface area contributed by atoms with Crippen LogP contribution >= 0.6 is 0 Å². The monoisotopic (exact) mass is 354 g/mol. The summed E-state index contributed by atoms with van der Waals surface area (Å²) in [7, 11) is 1.64. The molecule has 1 amide bonds. The molecule has 2 aromatic rings. The molecule has 3 rings (SSSR count). The van der Waals surface area contributed by atoms with Crippen LogP contribution in [0.5, 0.6) is 11.5 Å². The number of fused-ring (bicyclic) bond motifs is 1. The Morgan fingerprint density at radius 3 is 2.54 bits per heavy atom. The van der Waals surface area contributed by atoms with Crippen molar-refractivity contribution in [1.29, 1.82) is 0 Å². The van der Waals surface area contributed by atoms with Crippen LogP contribution in [0.4, 0.5) is 0 Å². The van der Waals surface area contributed by atoms with E-state index < -0.39 is 0 Å². The lowest BCUT2D eigenvalue weighted by Gasteiger charge is -2.29. The number of hydrogen-bond donors (Lipinski definition) is 1. The van der Waals surface area contributed by atoms with Crippen molar-refractivity contribution in [3.8, 4) is 11.5 Å². The van der Waals surface area contributed by atoms with Crippen LogP contribution in [0.15, 0.2) is 48.5 Å². The zero-order valence-corrected chi connectivity index (χ0v) is 15.2. The van der Waals surface area contributed by atoms with E-state index in [9.17, 15) is 4.79 Å². The number of methoxy groups -OCH3 is 1. The average molecular weight is 354 g/mol. The predicted octanol–water partition coefficient (Wildman–Crippen LogP) is 2.64. The van der Waals surface area contributed by atoms with Gasteiger partial charge in [0.05, 0.1) is 7.11 Å². The molecule has 0 bridgehead atoms. The van der Waals surface area contributed by atoms with Crippen molar-refractivity contribution in [2.24, 2.45) is 0 Å². The second kappa shape index (κ2) is 9.25. The Kier molecular flexibility index (Phi) is 6.50. The topological polar surface area (TPSA) is 50.8 Å². The van der Waals surface area contributed by atoms with Gasteiger partial charge in [-0.25, -0.2) is 0 Å². The highest BCUT2D eigenvalue weighted by Gasteiger charge is 2.19. The van der Waals surface area contributed by atoms with E-state index in [-0.39, 0.29) is 5.91 Å². The van der Waals surface area contributed by atoms with E-state index in [0.29, 0.717) is 26.1 Å². The SMILES string of the molecule is COc1ccc(OCCNCCC(=O)N2CCc3ccccc3C2)cc1. The van der Waals surface area contributed by atoms with E-state index in [1.807, 2.05) is 35.2 Å². The first-order valence-corrected chi connectivity index (χ1v) is 9.08. The highest BCUT2D eigenvalue weighted by Crippen LogP contribution is 2.19. The fourth-order valence-electron chi connectivity index (χ4n) is 3.10. The minimum atomic E-state index is 0.211. The van der Waals surface area contributed by atoms with Crippen LogP contribution < -0.4 is 14.8 Å². The Morgan fingerprint density at radius 2 is 1.77 bits per heavy atom. The number of hydrogen-bond acceptors (Lipinski definition) is 4. The maximum Gasteiger partial charge on any atom is 0.224 e. The Balaban J connectivity index is 1.30. The summed E-state index contributed by atoms with van der Waals surface area (Å²) in [5.74, 6) is 1.84. The minimum absolute atomic E-state index is 0.211. The van der Waals surface area contributed by atoms with Crippen molar-refractivity contribution < 1.29 is 14.3 Å². The lowest BCUT2D eigenvalue weighted by atomic mass is 10.00. The van der Waals surface area contributed by atoms with Gasteiger partial charge in [0.15, 0.2) is 0 Å². The molecule has 1 aliphatic rings. The molecule has 0 saturated heterocycles. The molecule has 138 valence electrons. The van der Waals surface area contributed by atoms with E-state index in [0.717, 1.165) is 31.0 Å².